The minimum absolute atomic E-state index is 0.201. The number of ether oxygens (including phenoxy) is 3. The van der Waals surface area contributed by atoms with Gasteiger partial charge < -0.3 is 19.5 Å². The molecule has 5 nitrogen and oxygen atoms in total. The van der Waals surface area contributed by atoms with Crippen molar-refractivity contribution in [2.75, 3.05) is 20.3 Å². The Bertz CT molecular complexity index is 788. The smallest absolute Gasteiger partial charge is 0.244 e. The molecule has 1 N–H and O–H groups in total. The second-order valence-corrected chi connectivity index (χ2v) is 6.00. The molecule has 144 valence electrons. The SMILES string of the molecule is CCOc1ccc(/C=C/C(=O)NCc2cc(Cl)c(OCC)c(OC)c2)cc1. The van der Waals surface area contributed by atoms with E-state index < -0.39 is 0 Å². The fourth-order valence-electron chi connectivity index (χ4n) is 2.42. The zero-order valence-electron chi connectivity index (χ0n) is 15.8. The van der Waals surface area contributed by atoms with E-state index in [1.807, 2.05) is 38.1 Å². The molecule has 2 rings (SSSR count). The Hall–Kier alpha value is -2.66. The van der Waals surface area contributed by atoms with E-state index in [1.54, 1.807) is 25.3 Å². The standard InChI is InChI=1S/C21H24ClNO4/c1-4-26-17-9-6-15(7-10-17)8-11-20(24)23-14-16-12-18(22)21(27-5-2)19(13-16)25-3/h6-13H,4-5,14H2,1-3H3,(H,23,24)/b11-8+. The monoisotopic (exact) mass is 389 g/mol. The Morgan fingerprint density at radius 3 is 2.44 bits per heavy atom. The van der Waals surface area contributed by atoms with Crippen molar-refractivity contribution >= 4 is 23.6 Å². The van der Waals surface area contributed by atoms with Gasteiger partial charge in [-0.3, -0.25) is 4.79 Å². The molecule has 0 aliphatic rings. The first-order chi connectivity index (χ1) is 13.1. The second-order valence-electron chi connectivity index (χ2n) is 5.60. The fraction of sp³-hybridized carbons (Fsp3) is 0.286. The van der Waals surface area contributed by atoms with Crippen molar-refractivity contribution in [2.45, 2.75) is 20.4 Å². The molecule has 0 heterocycles. The van der Waals surface area contributed by atoms with Gasteiger partial charge in [-0.05, 0) is 55.3 Å². The molecule has 0 radical (unpaired) electrons. The second kappa shape index (κ2) is 10.5. The maximum atomic E-state index is 12.1. The Labute approximate surface area is 164 Å². The molecule has 2 aromatic carbocycles. The van der Waals surface area contributed by atoms with Gasteiger partial charge in [-0.25, -0.2) is 0 Å². The van der Waals surface area contributed by atoms with Gasteiger partial charge in [-0.15, -0.1) is 0 Å². The maximum absolute atomic E-state index is 12.1. The molecular formula is C21H24ClNO4. The van der Waals surface area contributed by atoms with E-state index in [0.29, 0.717) is 36.3 Å². The molecule has 0 aliphatic carbocycles. The number of hydrogen-bond donors (Lipinski definition) is 1. The minimum atomic E-state index is -0.201. The van der Waals surface area contributed by atoms with Gasteiger partial charge >= 0.3 is 0 Å². The minimum Gasteiger partial charge on any atom is -0.494 e. The summed E-state index contributed by atoms with van der Waals surface area (Å²) in [5.74, 6) is 1.65. The highest BCUT2D eigenvalue weighted by Gasteiger charge is 2.11. The molecule has 0 fully saturated rings. The van der Waals surface area contributed by atoms with Crippen LogP contribution in [-0.2, 0) is 11.3 Å². The Balaban J connectivity index is 1.95. The van der Waals surface area contributed by atoms with Crippen LogP contribution in [0.1, 0.15) is 25.0 Å². The van der Waals surface area contributed by atoms with Crippen molar-refractivity contribution < 1.29 is 19.0 Å². The van der Waals surface area contributed by atoms with Crippen molar-refractivity contribution in [1.29, 1.82) is 0 Å². The van der Waals surface area contributed by atoms with Crippen LogP contribution >= 0.6 is 11.6 Å². The van der Waals surface area contributed by atoms with Crippen molar-refractivity contribution in [1.82, 2.24) is 5.32 Å². The predicted molar refractivity (Wildman–Crippen MR) is 108 cm³/mol. The molecule has 0 aliphatic heterocycles. The maximum Gasteiger partial charge on any atom is 0.244 e. The van der Waals surface area contributed by atoms with Crippen LogP contribution in [0.3, 0.4) is 0 Å². The fourth-order valence-corrected chi connectivity index (χ4v) is 2.71. The number of carbonyl (C=O) groups excluding carboxylic acids is 1. The average Bonchev–Trinajstić information content (AvgIpc) is 2.67. The van der Waals surface area contributed by atoms with Crippen LogP contribution in [0.2, 0.25) is 5.02 Å². The van der Waals surface area contributed by atoms with Crippen LogP contribution in [0.5, 0.6) is 17.2 Å². The summed E-state index contributed by atoms with van der Waals surface area (Å²) in [6.45, 7) is 5.25. The molecule has 0 atom stereocenters. The van der Waals surface area contributed by atoms with Crippen molar-refractivity contribution in [3.05, 3.63) is 58.6 Å². The molecule has 0 spiro atoms. The van der Waals surface area contributed by atoms with Crippen LogP contribution < -0.4 is 19.5 Å². The van der Waals surface area contributed by atoms with E-state index in [2.05, 4.69) is 5.32 Å². The third-order valence-corrected chi connectivity index (χ3v) is 3.94. The van der Waals surface area contributed by atoms with Gasteiger partial charge in [0.25, 0.3) is 0 Å². The summed E-state index contributed by atoms with van der Waals surface area (Å²) in [6, 6.07) is 11.1. The summed E-state index contributed by atoms with van der Waals surface area (Å²) in [5, 5.41) is 3.27. The predicted octanol–water partition coefficient (Wildman–Crippen LogP) is 4.48. The summed E-state index contributed by atoms with van der Waals surface area (Å²) >= 11 is 6.24. The number of carbonyl (C=O) groups is 1. The number of nitrogens with one attached hydrogen (secondary N) is 1. The summed E-state index contributed by atoms with van der Waals surface area (Å²) in [5.41, 5.74) is 1.74. The quantitative estimate of drug-likeness (QED) is 0.642. The summed E-state index contributed by atoms with van der Waals surface area (Å²) in [4.78, 5) is 12.1. The lowest BCUT2D eigenvalue weighted by Crippen LogP contribution is -2.20. The van der Waals surface area contributed by atoms with Crippen molar-refractivity contribution in [3.63, 3.8) is 0 Å². The van der Waals surface area contributed by atoms with Gasteiger partial charge in [0.05, 0.1) is 25.3 Å². The number of amides is 1. The molecule has 0 unspecified atom stereocenters. The highest BCUT2D eigenvalue weighted by Crippen LogP contribution is 2.36. The normalized spacial score (nSPS) is 10.7. The molecule has 27 heavy (non-hydrogen) atoms. The largest absolute Gasteiger partial charge is 0.494 e. The molecular weight excluding hydrogens is 366 g/mol. The van der Waals surface area contributed by atoms with E-state index in [0.717, 1.165) is 16.9 Å². The van der Waals surface area contributed by atoms with E-state index >= 15 is 0 Å². The summed E-state index contributed by atoms with van der Waals surface area (Å²) in [7, 11) is 1.55. The number of benzene rings is 2. The van der Waals surface area contributed by atoms with Gasteiger partial charge in [-0.1, -0.05) is 23.7 Å². The van der Waals surface area contributed by atoms with E-state index in [4.69, 9.17) is 25.8 Å². The molecule has 6 heteroatoms. The summed E-state index contributed by atoms with van der Waals surface area (Å²) in [6.07, 6.45) is 3.24. The van der Waals surface area contributed by atoms with Crippen LogP contribution in [0.15, 0.2) is 42.5 Å². The van der Waals surface area contributed by atoms with Gasteiger partial charge in [0.2, 0.25) is 5.91 Å². The molecule has 2 aromatic rings. The van der Waals surface area contributed by atoms with Gasteiger partial charge in [0, 0.05) is 12.6 Å². The lowest BCUT2D eigenvalue weighted by molar-refractivity contribution is -0.116. The Morgan fingerprint density at radius 1 is 1.11 bits per heavy atom. The molecule has 0 aromatic heterocycles. The lowest BCUT2D eigenvalue weighted by Gasteiger charge is -2.13. The topological polar surface area (TPSA) is 56.8 Å². The number of hydrogen-bond acceptors (Lipinski definition) is 4. The Kier molecular flexibility index (Phi) is 8.01. The van der Waals surface area contributed by atoms with Crippen molar-refractivity contribution in [2.24, 2.45) is 0 Å². The van der Waals surface area contributed by atoms with Crippen LogP contribution in [0.25, 0.3) is 6.08 Å². The molecule has 1 amide bonds. The number of methoxy groups -OCH3 is 1. The first-order valence-electron chi connectivity index (χ1n) is 8.75. The number of halogens is 1. The van der Waals surface area contributed by atoms with Crippen LogP contribution in [0, 0.1) is 0 Å². The van der Waals surface area contributed by atoms with Crippen LogP contribution in [-0.4, -0.2) is 26.2 Å². The molecule has 0 bridgehead atoms. The first-order valence-corrected chi connectivity index (χ1v) is 9.13. The third-order valence-electron chi connectivity index (χ3n) is 3.66. The average molecular weight is 390 g/mol. The molecule has 0 saturated carbocycles. The summed E-state index contributed by atoms with van der Waals surface area (Å²) < 4.78 is 16.2. The van der Waals surface area contributed by atoms with E-state index in [1.165, 1.54) is 6.08 Å². The molecule has 0 saturated heterocycles. The van der Waals surface area contributed by atoms with E-state index in [-0.39, 0.29) is 5.91 Å². The number of rotatable bonds is 9. The highest BCUT2D eigenvalue weighted by atomic mass is 35.5. The zero-order valence-corrected chi connectivity index (χ0v) is 16.5. The Morgan fingerprint density at radius 2 is 1.81 bits per heavy atom. The first kappa shape index (κ1) is 20.6. The zero-order chi connectivity index (χ0) is 19.6. The van der Waals surface area contributed by atoms with Gasteiger partial charge in [0.1, 0.15) is 5.75 Å². The lowest BCUT2D eigenvalue weighted by atomic mass is 10.2. The van der Waals surface area contributed by atoms with Crippen LogP contribution in [0.4, 0.5) is 0 Å². The van der Waals surface area contributed by atoms with Gasteiger partial charge in [-0.2, -0.15) is 0 Å². The van der Waals surface area contributed by atoms with Gasteiger partial charge in [0.15, 0.2) is 11.5 Å². The van der Waals surface area contributed by atoms with E-state index in [9.17, 15) is 4.79 Å². The third kappa shape index (κ3) is 6.22. The van der Waals surface area contributed by atoms with Crippen molar-refractivity contribution in [3.8, 4) is 17.2 Å². The highest BCUT2D eigenvalue weighted by molar-refractivity contribution is 6.32.